The van der Waals surface area contributed by atoms with Crippen LogP contribution in [0, 0.1) is 0 Å². The SMILES string of the molecule is CCN(CCCN(C)C)Cc1ccc(CNC(C)C)cn1. The van der Waals surface area contributed by atoms with Gasteiger partial charge in [0.25, 0.3) is 0 Å². The summed E-state index contributed by atoms with van der Waals surface area (Å²) in [4.78, 5) is 9.29. The van der Waals surface area contributed by atoms with Gasteiger partial charge in [-0.25, -0.2) is 0 Å². The van der Waals surface area contributed by atoms with Gasteiger partial charge in [-0.05, 0) is 51.8 Å². The number of pyridine rings is 1. The Balaban J connectivity index is 2.41. The minimum Gasteiger partial charge on any atom is -0.310 e. The summed E-state index contributed by atoms with van der Waals surface area (Å²) in [5.74, 6) is 0. The van der Waals surface area contributed by atoms with Crippen LogP contribution in [0.4, 0.5) is 0 Å². The Kier molecular flexibility index (Phi) is 8.50. The first kappa shape index (κ1) is 18.1. The van der Waals surface area contributed by atoms with E-state index in [1.54, 1.807) is 0 Å². The monoisotopic (exact) mass is 292 g/mol. The second-order valence-electron chi connectivity index (χ2n) is 6.22. The zero-order valence-corrected chi connectivity index (χ0v) is 14.4. The molecule has 0 bridgehead atoms. The molecule has 0 aliphatic carbocycles. The summed E-state index contributed by atoms with van der Waals surface area (Å²) in [5.41, 5.74) is 2.41. The number of nitrogens with zero attached hydrogens (tertiary/aromatic N) is 3. The van der Waals surface area contributed by atoms with E-state index in [1.807, 2.05) is 6.20 Å². The average molecular weight is 292 g/mol. The zero-order chi connectivity index (χ0) is 15.7. The summed E-state index contributed by atoms with van der Waals surface area (Å²) in [7, 11) is 4.25. The lowest BCUT2D eigenvalue weighted by molar-refractivity contribution is 0.256. The Labute approximate surface area is 130 Å². The van der Waals surface area contributed by atoms with Crippen molar-refractivity contribution in [2.45, 2.75) is 46.3 Å². The zero-order valence-electron chi connectivity index (χ0n) is 14.4. The van der Waals surface area contributed by atoms with E-state index in [9.17, 15) is 0 Å². The van der Waals surface area contributed by atoms with Gasteiger partial charge in [-0.15, -0.1) is 0 Å². The van der Waals surface area contributed by atoms with E-state index in [0.717, 1.165) is 38.4 Å². The molecule has 0 amide bonds. The van der Waals surface area contributed by atoms with Gasteiger partial charge in [0.2, 0.25) is 0 Å². The van der Waals surface area contributed by atoms with Crippen molar-refractivity contribution in [2.24, 2.45) is 0 Å². The quantitative estimate of drug-likeness (QED) is 0.717. The highest BCUT2D eigenvalue weighted by Gasteiger charge is 2.05. The fraction of sp³-hybridized carbons (Fsp3) is 0.706. The molecule has 0 spiro atoms. The summed E-state index contributed by atoms with van der Waals surface area (Å²) in [5, 5.41) is 3.42. The maximum atomic E-state index is 4.60. The van der Waals surface area contributed by atoms with Crippen molar-refractivity contribution in [2.75, 3.05) is 33.7 Å². The minimum atomic E-state index is 0.511. The first-order valence-electron chi connectivity index (χ1n) is 8.05. The highest BCUT2D eigenvalue weighted by molar-refractivity contribution is 5.14. The van der Waals surface area contributed by atoms with Crippen LogP contribution in [0.15, 0.2) is 18.3 Å². The molecule has 21 heavy (non-hydrogen) atoms. The largest absolute Gasteiger partial charge is 0.310 e. The van der Waals surface area contributed by atoms with Crippen LogP contribution in [0.2, 0.25) is 0 Å². The molecule has 1 heterocycles. The van der Waals surface area contributed by atoms with Crippen molar-refractivity contribution >= 4 is 0 Å². The van der Waals surface area contributed by atoms with Crippen LogP contribution in [-0.4, -0.2) is 54.6 Å². The predicted octanol–water partition coefficient (Wildman–Crippen LogP) is 2.35. The summed E-state index contributed by atoms with van der Waals surface area (Å²) >= 11 is 0. The lowest BCUT2D eigenvalue weighted by Gasteiger charge is -2.21. The molecule has 0 radical (unpaired) electrons. The van der Waals surface area contributed by atoms with Crippen molar-refractivity contribution in [3.05, 3.63) is 29.6 Å². The maximum Gasteiger partial charge on any atom is 0.0544 e. The molecule has 0 unspecified atom stereocenters. The van der Waals surface area contributed by atoms with Gasteiger partial charge in [-0.3, -0.25) is 9.88 Å². The fourth-order valence-corrected chi connectivity index (χ4v) is 2.16. The van der Waals surface area contributed by atoms with E-state index in [2.05, 4.69) is 67.1 Å². The predicted molar refractivity (Wildman–Crippen MR) is 90.3 cm³/mol. The van der Waals surface area contributed by atoms with Gasteiger partial charge < -0.3 is 10.2 Å². The van der Waals surface area contributed by atoms with E-state index in [1.165, 1.54) is 12.0 Å². The molecule has 1 aromatic heterocycles. The highest BCUT2D eigenvalue weighted by Crippen LogP contribution is 2.05. The molecular formula is C17H32N4. The van der Waals surface area contributed by atoms with Crippen molar-refractivity contribution in [1.82, 2.24) is 20.1 Å². The van der Waals surface area contributed by atoms with Crippen LogP contribution < -0.4 is 5.32 Å². The van der Waals surface area contributed by atoms with Gasteiger partial charge in [-0.1, -0.05) is 26.8 Å². The Hall–Kier alpha value is -0.970. The first-order valence-corrected chi connectivity index (χ1v) is 8.05. The number of aromatic nitrogens is 1. The normalized spacial score (nSPS) is 11.8. The van der Waals surface area contributed by atoms with Gasteiger partial charge in [0.1, 0.15) is 0 Å². The van der Waals surface area contributed by atoms with Gasteiger partial charge in [0.15, 0.2) is 0 Å². The molecular weight excluding hydrogens is 260 g/mol. The van der Waals surface area contributed by atoms with Gasteiger partial charge in [0, 0.05) is 25.3 Å². The van der Waals surface area contributed by atoms with Crippen LogP contribution in [0.1, 0.15) is 38.4 Å². The number of nitrogens with one attached hydrogen (secondary N) is 1. The van der Waals surface area contributed by atoms with Crippen LogP contribution in [-0.2, 0) is 13.1 Å². The Morgan fingerprint density at radius 2 is 1.95 bits per heavy atom. The van der Waals surface area contributed by atoms with Crippen molar-refractivity contribution < 1.29 is 0 Å². The Morgan fingerprint density at radius 1 is 1.19 bits per heavy atom. The third-order valence-corrected chi connectivity index (χ3v) is 3.51. The van der Waals surface area contributed by atoms with Gasteiger partial charge in [0.05, 0.1) is 5.69 Å². The molecule has 4 heteroatoms. The van der Waals surface area contributed by atoms with E-state index >= 15 is 0 Å². The third kappa shape index (κ3) is 8.15. The molecule has 120 valence electrons. The third-order valence-electron chi connectivity index (χ3n) is 3.51. The molecule has 0 aromatic carbocycles. The molecule has 4 nitrogen and oxygen atoms in total. The van der Waals surface area contributed by atoms with Crippen LogP contribution >= 0.6 is 0 Å². The molecule has 1 rings (SSSR count). The smallest absolute Gasteiger partial charge is 0.0544 e. The number of rotatable bonds is 10. The summed E-state index contributed by atoms with van der Waals surface area (Å²) in [6, 6.07) is 4.86. The summed E-state index contributed by atoms with van der Waals surface area (Å²) in [6.45, 7) is 11.7. The van der Waals surface area contributed by atoms with Gasteiger partial charge >= 0.3 is 0 Å². The van der Waals surface area contributed by atoms with E-state index in [0.29, 0.717) is 6.04 Å². The van der Waals surface area contributed by atoms with E-state index in [4.69, 9.17) is 0 Å². The molecule has 0 aliphatic heterocycles. The maximum absolute atomic E-state index is 4.60. The van der Waals surface area contributed by atoms with Gasteiger partial charge in [-0.2, -0.15) is 0 Å². The number of hydrogen-bond donors (Lipinski definition) is 1. The molecule has 0 saturated heterocycles. The first-order chi connectivity index (χ1) is 10.0. The average Bonchev–Trinajstić information content (AvgIpc) is 2.45. The van der Waals surface area contributed by atoms with E-state index < -0.39 is 0 Å². The molecule has 1 N–H and O–H groups in total. The van der Waals surface area contributed by atoms with Crippen LogP contribution in [0.25, 0.3) is 0 Å². The molecule has 0 saturated carbocycles. The second-order valence-corrected chi connectivity index (χ2v) is 6.22. The van der Waals surface area contributed by atoms with Crippen molar-refractivity contribution in [1.29, 1.82) is 0 Å². The highest BCUT2D eigenvalue weighted by atomic mass is 15.1. The summed E-state index contributed by atoms with van der Waals surface area (Å²) in [6.07, 6.45) is 3.20. The van der Waals surface area contributed by atoms with E-state index in [-0.39, 0.29) is 0 Å². The molecule has 0 atom stereocenters. The molecule has 0 fully saturated rings. The van der Waals surface area contributed by atoms with Crippen LogP contribution in [0.5, 0.6) is 0 Å². The van der Waals surface area contributed by atoms with Crippen molar-refractivity contribution in [3.8, 4) is 0 Å². The standard InChI is InChI=1S/C17H32N4/c1-6-21(11-7-10-20(4)5)14-17-9-8-16(13-19-17)12-18-15(2)3/h8-9,13,15,18H,6-7,10-12,14H2,1-5H3. The topological polar surface area (TPSA) is 31.4 Å². The lowest BCUT2D eigenvalue weighted by Crippen LogP contribution is -2.27. The molecule has 0 aliphatic rings. The second kappa shape index (κ2) is 9.87. The minimum absolute atomic E-state index is 0.511. The lowest BCUT2D eigenvalue weighted by atomic mass is 10.2. The Morgan fingerprint density at radius 3 is 2.48 bits per heavy atom. The number of hydrogen-bond acceptors (Lipinski definition) is 4. The fourth-order valence-electron chi connectivity index (χ4n) is 2.16. The van der Waals surface area contributed by atoms with Crippen molar-refractivity contribution in [3.63, 3.8) is 0 Å². The molecule has 1 aromatic rings. The van der Waals surface area contributed by atoms with Crippen LogP contribution in [0.3, 0.4) is 0 Å². The summed E-state index contributed by atoms with van der Waals surface area (Å²) < 4.78 is 0. The Bertz CT molecular complexity index is 373.